The van der Waals surface area contributed by atoms with Crippen LogP contribution in [0.3, 0.4) is 0 Å². The normalized spacial score (nSPS) is 13.3. The Bertz CT molecular complexity index is 2440. The largest absolute Gasteiger partial charge is 0.298 e. The van der Waals surface area contributed by atoms with Gasteiger partial charge in [-0.05, 0) is 72.0 Å². The van der Waals surface area contributed by atoms with Gasteiger partial charge in [0.05, 0.1) is 27.8 Å². The number of imidazole rings is 2. The van der Waals surface area contributed by atoms with Crippen molar-refractivity contribution in [1.29, 1.82) is 0 Å². The molecule has 208 valence electrons. The summed E-state index contributed by atoms with van der Waals surface area (Å²) in [6.07, 6.45) is 10.7. The van der Waals surface area contributed by atoms with Crippen LogP contribution in [0.4, 0.5) is 0 Å². The van der Waals surface area contributed by atoms with Crippen molar-refractivity contribution >= 4 is 44.2 Å². The molecule has 0 saturated carbocycles. The molecule has 0 atom stereocenters. The van der Waals surface area contributed by atoms with Gasteiger partial charge < -0.3 is 0 Å². The minimum Gasteiger partial charge on any atom is -0.298 e. The molecule has 8 aromatic rings. The number of para-hydroxylation sites is 3. The van der Waals surface area contributed by atoms with Gasteiger partial charge >= 0.3 is 0 Å². The van der Waals surface area contributed by atoms with Gasteiger partial charge in [-0.2, -0.15) is 0 Å². The highest BCUT2D eigenvalue weighted by molar-refractivity contribution is 6.09. The third-order valence-electron chi connectivity index (χ3n) is 8.60. The fraction of sp³-hybridized carbons (Fsp3) is 0.0513. The SMILES string of the molecule is C1=CCCC(c2nc3ccccc3n2-c2cccc(-c3ccc(-c4nc5ccccc5c5nc6ccccn6c45)cc3)c2)=C1. The predicted molar refractivity (Wildman–Crippen MR) is 180 cm³/mol. The lowest BCUT2D eigenvalue weighted by Crippen LogP contribution is -2.02. The summed E-state index contributed by atoms with van der Waals surface area (Å²) in [5.41, 5.74) is 12.7. The summed E-state index contributed by atoms with van der Waals surface area (Å²) in [6, 6.07) is 40.3. The summed E-state index contributed by atoms with van der Waals surface area (Å²) in [5.74, 6) is 1.02. The minimum atomic E-state index is 0.918. The minimum absolute atomic E-state index is 0.918. The first-order valence-corrected chi connectivity index (χ1v) is 15.0. The monoisotopic (exact) mass is 565 g/mol. The molecule has 4 aromatic carbocycles. The average Bonchev–Trinajstić information content (AvgIpc) is 3.68. The summed E-state index contributed by atoms with van der Waals surface area (Å²) < 4.78 is 4.45. The van der Waals surface area contributed by atoms with Crippen molar-refractivity contribution < 1.29 is 0 Å². The van der Waals surface area contributed by atoms with Crippen molar-refractivity contribution in [1.82, 2.24) is 23.9 Å². The molecule has 0 radical (unpaired) electrons. The molecule has 0 amide bonds. The van der Waals surface area contributed by atoms with Crippen molar-refractivity contribution in [3.8, 4) is 28.1 Å². The standard InChI is InChI=1S/C39H27N5/c1-2-11-28(12-3-1)39-41-33-17-6-7-18-34(33)44(39)30-14-10-13-29(25-30)26-20-22-27(23-21-26)36-38-37(31-15-4-5-16-32(31)40-36)42-35-19-8-9-24-43(35)38/h1-2,4-11,13-25H,3,12H2. The number of allylic oxidation sites excluding steroid dienone is 4. The Morgan fingerprint density at radius 3 is 2.34 bits per heavy atom. The molecule has 4 aromatic heterocycles. The Balaban J connectivity index is 1.16. The van der Waals surface area contributed by atoms with Crippen LogP contribution in [0.15, 0.2) is 140 Å². The molecule has 0 aliphatic heterocycles. The molecule has 44 heavy (non-hydrogen) atoms. The maximum absolute atomic E-state index is 5.15. The fourth-order valence-corrected chi connectivity index (χ4v) is 6.49. The molecule has 1 aliphatic rings. The molecule has 0 N–H and O–H groups in total. The Hall–Kier alpha value is -5.81. The number of nitrogens with zero attached hydrogens (tertiary/aromatic N) is 5. The molecule has 0 saturated heterocycles. The summed E-state index contributed by atoms with van der Waals surface area (Å²) in [6.45, 7) is 0. The molecule has 0 spiro atoms. The maximum atomic E-state index is 5.15. The van der Waals surface area contributed by atoms with E-state index in [1.54, 1.807) is 0 Å². The van der Waals surface area contributed by atoms with E-state index >= 15 is 0 Å². The Morgan fingerprint density at radius 2 is 1.45 bits per heavy atom. The third kappa shape index (κ3) is 3.90. The van der Waals surface area contributed by atoms with Gasteiger partial charge in [0.1, 0.15) is 17.0 Å². The zero-order chi connectivity index (χ0) is 29.0. The molecule has 0 unspecified atom stereocenters. The molecular weight excluding hydrogens is 538 g/mol. The molecule has 4 heterocycles. The van der Waals surface area contributed by atoms with E-state index in [0.29, 0.717) is 0 Å². The molecule has 0 fully saturated rings. The van der Waals surface area contributed by atoms with Gasteiger partial charge in [-0.15, -0.1) is 0 Å². The van der Waals surface area contributed by atoms with E-state index in [4.69, 9.17) is 15.0 Å². The number of pyridine rings is 2. The Labute approximate surface area is 254 Å². The predicted octanol–water partition coefficient (Wildman–Crippen LogP) is 9.44. The van der Waals surface area contributed by atoms with Gasteiger partial charge in [-0.3, -0.25) is 8.97 Å². The van der Waals surface area contributed by atoms with Crippen LogP contribution in [0, 0.1) is 0 Å². The van der Waals surface area contributed by atoms with E-state index in [9.17, 15) is 0 Å². The number of fused-ring (bicyclic) bond motifs is 6. The second-order valence-corrected chi connectivity index (χ2v) is 11.3. The Morgan fingerprint density at radius 1 is 0.636 bits per heavy atom. The topological polar surface area (TPSA) is 48.0 Å². The summed E-state index contributed by atoms with van der Waals surface area (Å²) in [4.78, 5) is 15.2. The molecule has 5 heteroatoms. The van der Waals surface area contributed by atoms with Crippen LogP contribution in [0.5, 0.6) is 0 Å². The van der Waals surface area contributed by atoms with Crippen LogP contribution in [-0.2, 0) is 0 Å². The quantitative estimate of drug-likeness (QED) is 0.214. The number of hydrogen-bond donors (Lipinski definition) is 0. The first kappa shape index (κ1) is 24.8. The summed E-state index contributed by atoms with van der Waals surface area (Å²) in [5, 5.41) is 1.06. The van der Waals surface area contributed by atoms with Crippen LogP contribution >= 0.6 is 0 Å². The fourth-order valence-electron chi connectivity index (χ4n) is 6.49. The van der Waals surface area contributed by atoms with Gasteiger partial charge in [0, 0.05) is 22.8 Å². The van der Waals surface area contributed by atoms with Crippen LogP contribution in [0.25, 0.3) is 72.3 Å². The second kappa shape index (κ2) is 9.89. The zero-order valence-electron chi connectivity index (χ0n) is 23.9. The highest BCUT2D eigenvalue weighted by Crippen LogP contribution is 2.35. The van der Waals surface area contributed by atoms with E-state index in [0.717, 1.165) is 85.4 Å². The number of hydrogen-bond acceptors (Lipinski definition) is 3. The molecular formula is C39H27N5. The summed E-state index contributed by atoms with van der Waals surface area (Å²) in [7, 11) is 0. The Kier molecular flexibility index (Phi) is 5.56. The van der Waals surface area contributed by atoms with Crippen molar-refractivity contribution in [2.45, 2.75) is 12.8 Å². The van der Waals surface area contributed by atoms with E-state index in [-0.39, 0.29) is 0 Å². The molecule has 0 bridgehead atoms. The maximum Gasteiger partial charge on any atom is 0.141 e. The number of aromatic nitrogens is 5. The number of benzene rings is 4. The highest BCUT2D eigenvalue weighted by atomic mass is 15.1. The lowest BCUT2D eigenvalue weighted by atomic mass is 10.0. The van der Waals surface area contributed by atoms with E-state index < -0.39 is 0 Å². The van der Waals surface area contributed by atoms with Crippen LogP contribution in [0.1, 0.15) is 18.7 Å². The second-order valence-electron chi connectivity index (χ2n) is 11.3. The first-order chi connectivity index (χ1) is 21.8. The lowest BCUT2D eigenvalue weighted by Gasteiger charge is -2.14. The lowest BCUT2D eigenvalue weighted by molar-refractivity contribution is 0.982. The first-order valence-electron chi connectivity index (χ1n) is 15.0. The van der Waals surface area contributed by atoms with Crippen molar-refractivity contribution in [3.63, 3.8) is 0 Å². The van der Waals surface area contributed by atoms with Crippen molar-refractivity contribution in [3.05, 3.63) is 146 Å². The zero-order valence-corrected chi connectivity index (χ0v) is 23.9. The van der Waals surface area contributed by atoms with Crippen LogP contribution < -0.4 is 0 Å². The van der Waals surface area contributed by atoms with E-state index in [1.807, 2.05) is 24.3 Å². The molecule has 5 nitrogen and oxygen atoms in total. The average molecular weight is 566 g/mol. The smallest absolute Gasteiger partial charge is 0.141 e. The van der Waals surface area contributed by atoms with E-state index in [2.05, 4.69) is 124 Å². The van der Waals surface area contributed by atoms with Gasteiger partial charge in [0.2, 0.25) is 0 Å². The van der Waals surface area contributed by atoms with Gasteiger partial charge in [-0.1, -0.05) is 91.0 Å². The number of rotatable bonds is 4. The highest BCUT2D eigenvalue weighted by Gasteiger charge is 2.18. The van der Waals surface area contributed by atoms with Gasteiger partial charge in [0.15, 0.2) is 0 Å². The van der Waals surface area contributed by atoms with Crippen molar-refractivity contribution in [2.24, 2.45) is 0 Å². The van der Waals surface area contributed by atoms with Gasteiger partial charge in [0.25, 0.3) is 0 Å². The molecule has 1 aliphatic carbocycles. The van der Waals surface area contributed by atoms with Crippen LogP contribution in [-0.4, -0.2) is 23.9 Å². The van der Waals surface area contributed by atoms with Crippen molar-refractivity contribution in [2.75, 3.05) is 0 Å². The van der Waals surface area contributed by atoms with Crippen LogP contribution in [0.2, 0.25) is 0 Å². The summed E-state index contributed by atoms with van der Waals surface area (Å²) >= 11 is 0. The third-order valence-corrected chi connectivity index (χ3v) is 8.60. The van der Waals surface area contributed by atoms with E-state index in [1.165, 1.54) is 5.57 Å². The molecule has 9 rings (SSSR count). The van der Waals surface area contributed by atoms with Gasteiger partial charge in [-0.25, -0.2) is 15.0 Å².